The summed E-state index contributed by atoms with van der Waals surface area (Å²) in [5, 5.41) is 3.12. The van der Waals surface area contributed by atoms with E-state index in [0.717, 1.165) is 30.7 Å². The maximum Gasteiger partial charge on any atom is 0.248 e. The van der Waals surface area contributed by atoms with Crippen molar-refractivity contribution in [3.63, 3.8) is 0 Å². The number of nitrogens with one attached hydrogen (secondary N) is 1. The summed E-state index contributed by atoms with van der Waals surface area (Å²) in [6.07, 6.45) is 4.79. The van der Waals surface area contributed by atoms with E-state index in [9.17, 15) is 9.18 Å². The highest BCUT2D eigenvalue weighted by atomic mass is 35.5. The fourth-order valence-electron chi connectivity index (χ4n) is 3.60. The van der Waals surface area contributed by atoms with Crippen LogP contribution >= 0.6 is 11.6 Å². The maximum atomic E-state index is 13.1. The van der Waals surface area contributed by atoms with Crippen molar-refractivity contribution in [3.05, 3.63) is 64.4 Å². The highest BCUT2D eigenvalue weighted by Gasteiger charge is 2.13. The van der Waals surface area contributed by atoms with Crippen LogP contribution in [-0.4, -0.2) is 36.5 Å². The summed E-state index contributed by atoms with van der Waals surface area (Å²) in [6, 6.07) is 10.7. The van der Waals surface area contributed by atoms with Crippen molar-refractivity contribution < 1.29 is 13.9 Å². The van der Waals surface area contributed by atoms with Crippen LogP contribution in [0.1, 0.15) is 45.2 Å². The molecule has 0 bridgehead atoms. The van der Waals surface area contributed by atoms with Gasteiger partial charge in [-0.2, -0.15) is 0 Å². The average molecular weight is 447 g/mol. The Labute approximate surface area is 190 Å². The van der Waals surface area contributed by atoms with E-state index in [4.69, 9.17) is 16.3 Å². The number of halogens is 2. The number of hydrogen-bond donors (Lipinski definition) is 1. The van der Waals surface area contributed by atoms with E-state index in [1.165, 1.54) is 24.3 Å². The maximum absolute atomic E-state index is 13.1. The third-order valence-corrected chi connectivity index (χ3v) is 5.44. The molecule has 2 rings (SSSR count). The van der Waals surface area contributed by atoms with Gasteiger partial charge in [-0.05, 0) is 94.6 Å². The van der Waals surface area contributed by atoms with Crippen molar-refractivity contribution in [2.75, 3.05) is 19.0 Å². The van der Waals surface area contributed by atoms with E-state index in [1.54, 1.807) is 13.2 Å². The first-order valence-electron chi connectivity index (χ1n) is 10.6. The third-order valence-electron chi connectivity index (χ3n) is 5.11. The molecule has 0 fully saturated rings. The summed E-state index contributed by atoms with van der Waals surface area (Å²) in [4.78, 5) is 14.8. The third kappa shape index (κ3) is 7.67. The van der Waals surface area contributed by atoms with Gasteiger partial charge in [0.05, 0.1) is 12.1 Å². The minimum atomic E-state index is -0.415. The SMILES string of the molecule is COc1ccc(NC(=O)C=Cc2ccc(F)cc2Cl)cc1CCCN(C(C)C)C(C)C. The Morgan fingerprint density at radius 1 is 1.16 bits per heavy atom. The van der Waals surface area contributed by atoms with Gasteiger partial charge in [0.25, 0.3) is 0 Å². The molecule has 0 radical (unpaired) electrons. The van der Waals surface area contributed by atoms with Gasteiger partial charge in [0, 0.05) is 23.8 Å². The quantitative estimate of drug-likeness (QED) is 0.442. The normalized spacial score (nSPS) is 11.7. The minimum absolute atomic E-state index is 0.257. The Morgan fingerprint density at radius 2 is 1.87 bits per heavy atom. The van der Waals surface area contributed by atoms with E-state index in [2.05, 4.69) is 37.9 Å². The first-order valence-corrected chi connectivity index (χ1v) is 11.0. The monoisotopic (exact) mass is 446 g/mol. The van der Waals surface area contributed by atoms with E-state index in [0.29, 0.717) is 23.3 Å². The molecule has 0 unspecified atom stereocenters. The largest absolute Gasteiger partial charge is 0.496 e. The second-order valence-corrected chi connectivity index (χ2v) is 8.45. The van der Waals surface area contributed by atoms with E-state index in [-0.39, 0.29) is 10.9 Å². The molecule has 0 aliphatic rings. The predicted molar refractivity (Wildman–Crippen MR) is 127 cm³/mol. The standard InChI is InChI=1S/C25H32ClFN2O2/c1-17(2)29(18(3)4)14-6-7-20-15-22(11-12-24(20)31-5)28-25(30)13-9-19-8-10-21(27)16-23(19)26/h8-13,15-18H,6-7,14H2,1-5H3,(H,28,30). The molecule has 4 nitrogen and oxygen atoms in total. The van der Waals surface area contributed by atoms with Gasteiger partial charge in [-0.1, -0.05) is 17.7 Å². The van der Waals surface area contributed by atoms with Gasteiger partial charge in [0.1, 0.15) is 11.6 Å². The lowest BCUT2D eigenvalue weighted by Crippen LogP contribution is -2.37. The number of carbonyl (C=O) groups is 1. The number of nitrogens with zero attached hydrogens (tertiary/aromatic N) is 1. The van der Waals surface area contributed by atoms with Crippen LogP contribution < -0.4 is 10.1 Å². The lowest BCUT2D eigenvalue weighted by atomic mass is 10.1. The average Bonchev–Trinajstić information content (AvgIpc) is 2.70. The summed E-state index contributed by atoms with van der Waals surface area (Å²) in [5.41, 5.74) is 2.33. The highest BCUT2D eigenvalue weighted by Crippen LogP contribution is 2.25. The molecular formula is C25H32ClFN2O2. The highest BCUT2D eigenvalue weighted by molar-refractivity contribution is 6.32. The topological polar surface area (TPSA) is 41.6 Å². The molecule has 2 aromatic rings. The summed E-state index contributed by atoms with van der Waals surface area (Å²) >= 11 is 6.00. The molecule has 1 amide bonds. The fourth-order valence-corrected chi connectivity index (χ4v) is 3.83. The van der Waals surface area contributed by atoms with Gasteiger partial charge in [-0.3, -0.25) is 9.69 Å². The molecule has 168 valence electrons. The molecule has 0 heterocycles. The zero-order chi connectivity index (χ0) is 23.0. The predicted octanol–water partition coefficient (Wildman–Crippen LogP) is 6.19. The molecule has 0 aliphatic heterocycles. The summed E-state index contributed by atoms with van der Waals surface area (Å²) in [7, 11) is 1.65. The summed E-state index contributed by atoms with van der Waals surface area (Å²) < 4.78 is 18.6. The molecule has 0 saturated heterocycles. The lowest BCUT2D eigenvalue weighted by molar-refractivity contribution is -0.111. The number of benzene rings is 2. The number of rotatable bonds is 10. The second-order valence-electron chi connectivity index (χ2n) is 8.04. The summed E-state index contributed by atoms with van der Waals surface area (Å²) in [6.45, 7) is 9.84. The molecule has 0 aliphatic carbocycles. The van der Waals surface area contributed by atoms with Crippen LogP contribution in [0.5, 0.6) is 5.75 Å². The van der Waals surface area contributed by atoms with E-state index in [1.807, 2.05) is 18.2 Å². The zero-order valence-corrected chi connectivity index (χ0v) is 19.7. The minimum Gasteiger partial charge on any atom is -0.496 e. The molecule has 0 spiro atoms. The van der Waals surface area contributed by atoms with E-state index >= 15 is 0 Å². The van der Waals surface area contributed by atoms with Crippen molar-refractivity contribution >= 4 is 29.3 Å². The van der Waals surface area contributed by atoms with Gasteiger partial charge >= 0.3 is 0 Å². The van der Waals surface area contributed by atoms with Gasteiger partial charge in [0.2, 0.25) is 5.91 Å². The van der Waals surface area contributed by atoms with Crippen LogP contribution in [0.15, 0.2) is 42.5 Å². The Hall–Kier alpha value is -2.37. The van der Waals surface area contributed by atoms with Crippen molar-refractivity contribution in [2.45, 2.75) is 52.6 Å². The van der Waals surface area contributed by atoms with Crippen LogP contribution in [0.3, 0.4) is 0 Å². The number of anilines is 1. The molecule has 2 aromatic carbocycles. The smallest absolute Gasteiger partial charge is 0.248 e. The molecule has 0 atom stereocenters. The molecule has 31 heavy (non-hydrogen) atoms. The number of methoxy groups -OCH3 is 1. The zero-order valence-electron chi connectivity index (χ0n) is 18.9. The Balaban J connectivity index is 2.03. The Morgan fingerprint density at radius 3 is 2.48 bits per heavy atom. The molecule has 1 N–H and O–H groups in total. The Kier molecular flexibility index (Phi) is 9.53. The number of ether oxygens (including phenoxy) is 1. The lowest BCUT2D eigenvalue weighted by Gasteiger charge is -2.30. The van der Waals surface area contributed by atoms with Crippen molar-refractivity contribution in [1.82, 2.24) is 4.90 Å². The van der Waals surface area contributed by atoms with Crippen LogP contribution in [0.2, 0.25) is 5.02 Å². The molecule has 6 heteroatoms. The number of carbonyl (C=O) groups excluding carboxylic acids is 1. The van der Waals surface area contributed by atoms with Gasteiger partial charge < -0.3 is 10.1 Å². The number of aryl methyl sites for hydroxylation is 1. The van der Waals surface area contributed by atoms with Crippen LogP contribution in [0.25, 0.3) is 6.08 Å². The summed E-state index contributed by atoms with van der Waals surface area (Å²) in [5.74, 6) is 0.108. The van der Waals surface area contributed by atoms with Crippen LogP contribution in [0, 0.1) is 5.82 Å². The van der Waals surface area contributed by atoms with Crippen molar-refractivity contribution in [1.29, 1.82) is 0 Å². The molecule has 0 saturated carbocycles. The van der Waals surface area contributed by atoms with E-state index < -0.39 is 5.82 Å². The number of hydrogen-bond acceptors (Lipinski definition) is 3. The fraction of sp³-hybridized carbons (Fsp3) is 0.400. The van der Waals surface area contributed by atoms with Gasteiger partial charge in [-0.15, -0.1) is 0 Å². The van der Waals surface area contributed by atoms with Crippen molar-refractivity contribution in [3.8, 4) is 5.75 Å². The van der Waals surface area contributed by atoms with Crippen LogP contribution in [-0.2, 0) is 11.2 Å². The molecular weight excluding hydrogens is 415 g/mol. The first kappa shape index (κ1) is 24.9. The second kappa shape index (κ2) is 11.9. The van der Waals surface area contributed by atoms with Gasteiger partial charge in [0.15, 0.2) is 0 Å². The van der Waals surface area contributed by atoms with Crippen molar-refractivity contribution in [2.24, 2.45) is 0 Å². The van der Waals surface area contributed by atoms with Crippen LogP contribution in [0.4, 0.5) is 10.1 Å². The Bertz CT molecular complexity index is 904. The van der Waals surface area contributed by atoms with Gasteiger partial charge in [-0.25, -0.2) is 4.39 Å². The first-order chi connectivity index (χ1) is 14.7. The molecule has 0 aromatic heterocycles. The number of amides is 1.